The van der Waals surface area contributed by atoms with Crippen LogP contribution in [-0.4, -0.2) is 11.8 Å². The molecule has 0 aliphatic heterocycles. The standard InChI is InChI=1S/C10H19NO/c1-7-3-5-9(6-4-7)10(11)8(2)12/h7,9-10H,3-6,11H2,1-2H3. The van der Waals surface area contributed by atoms with E-state index in [1.807, 2.05) is 0 Å². The Labute approximate surface area is 74.5 Å². The number of rotatable bonds is 2. The summed E-state index contributed by atoms with van der Waals surface area (Å²) in [5.74, 6) is 1.44. The van der Waals surface area contributed by atoms with Gasteiger partial charge in [-0.15, -0.1) is 0 Å². The SMILES string of the molecule is CC(=O)C(N)C1CCC(C)CC1. The Bertz CT molecular complexity index is 159. The van der Waals surface area contributed by atoms with Crippen molar-refractivity contribution in [1.82, 2.24) is 0 Å². The molecule has 0 aromatic heterocycles. The Morgan fingerprint density at radius 2 is 1.83 bits per heavy atom. The molecule has 1 atom stereocenters. The van der Waals surface area contributed by atoms with Crippen molar-refractivity contribution in [3.63, 3.8) is 0 Å². The molecule has 12 heavy (non-hydrogen) atoms. The molecule has 1 aliphatic carbocycles. The molecule has 0 aromatic rings. The summed E-state index contributed by atoms with van der Waals surface area (Å²) in [5.41, 5.74) is 5.79. The highest BCUT2D eigenvalue weighted by atomic mass is 16.1. The van der Waals surface area contributed by atoms with Gasteiger partial charge in [-0.2, -0.15) is 0 Å². The van der Waals surface area contributed by atoms with E-state index in [4.69, 9.17) is 5.73 Å². The van der Waals surface area contributed by atoms with Crippen LogP contribution >= 0.6 is 0 Å². The first-order valence-electron chi connectivity index (χ1n) is 4.87. The zero-order valence-electron chi connectivity index (χ0n) is 8.05. The van der Waals surface area contributed by atoms with Crippen molar-refractivity contribution in [2.45, 2.75) is 45.6 Å². The molecule has 70 valence electrons. The van der Waals surface area contributed by atoms with E-state index in [0.29, 0.717) is 5.92 Å². The smallest absolute Gasteiger partial charge is 0.146 e. The predicted octanol–water partition coefficient (Wildman–Crippen LogP) is 1.73. The van der Waals surface area contributed by atoms with Crippen molar-refractivity contribution < 1.29 is 4.79 Å². The van der Waals surface area contributed by atoms with Crippen molar-refractivity contribution in [3.8, 4) is 0 Å². The summed E-state index contributed by atoms with van der Waals surface area (Å²) in [5, 5.41) is 0. The van der Waals surface area contributed by atoms with Gasteiger partial charge in [-0.3, -0.25) is 4.79 Å². The summed E-state index contributed by atoms with van der Waals surface area (Å²) in [6.45, 7) is 3.87. The number of ketones is 1. The van der Waals surface area contributed by atoms with Crippen LogP contribution in [0.2, 0.25) is 0 Å². The van der Waals surface area contributed by atoms with E-state index in [1.54, 1.807) is 6.92 Å². The third-order valence-electron chi connectivity index (χ3n) is 3.04. The number of nitrogens with two attached hydrogens (primary N) is 1. The highest BCUT2D eigenvalue weighted by Crippen LogP contribution is 2.29. The fourth-order valence-electron chi connectivity index (χ4n) is 1.98. The summed E-state index contributed by atoms with van der Waals surface area (Å²) in [7, 11) is 0. The highest BCUT2D eigenvalue weighted by Gasteiger charge is 2.25. The van der Waals surface area contributed by atoms with E-state index >= 15 is 0 Å². The van der Waals surface area contributed by atoms with Crippen LogP contribution in [0.4, 0.5) is 0 Å². The molecule has 1 fully saturated rings. The van der Waals surface area contributed by atoms with E-state index in [0.717, 1.165) is 18.8 Å². The first-order valence-corrected chi connectivity index (χ1v) is 4.87. The molecule has 2 nitrogen and oxygen atoms in total. The zero-order chi connectivity index (χ0) is 9.14. The first-order chi connectivity index (χ1) is 5.61. The Morgan fingerprint density at radius 3 is 2.25 bits per heavy atom. The quantitative estimate of drug-likeness (QED) is 0.684. The monoisotopic (exact) mass is 169 g/mol. The van der Waals surface area contributed by atoms with Crippen LogP contribution in [0.3, 0.4) is 0 Å². The summed E-state index contributed by atoms with van der Waals surface area (Å²) < 4.78 is 0. The van der Waals surface area contributed by atoms with Crippen LogP contribution in [0.1, 0.15) is 39.5 Å². The van der Waals surface area contributed by atoms with Crippen LogP contribution < -0.4 is 5.73 Å². The fraction of sp³-hybridized carbons (Fsp3) is 0.900. The average molecular weight is 169 g/mol. The van der Waals surface area contributed by atoms with E-state index in [1.165, 1.54) is 12.8 Å². The number of hydrogen-bond donors (Lipinski definition) is 1. The lowest BCUT2D eigenvalue weighted by Crippen LogP contribution is -2.38. The van der Waals surface area contributed by atoms with Crippen molar-refractivity contribution in [2.24, 2.45) is 17.6 Å². The maximum atomic E-state index is 11.0. The third kappa shape index (κ3) is 2.31. The van der Waals surface area contributed by atoms with Crippen molar-refractivity contribution in [3.05, 3.63) is 0 Å². The second-order valence-electron chi connectivity index (χ2n) is 4.16. The summed E-state index contributed by atoms with van der Waals surface area (Å²) in [4.78, 5) is 11.0. The molecular weight excluding hydrogens is 150 g/mol. The Balaban J connectivity index is 2.39. The first kappa shape index (κ1) is 9.72. The minimum Gasteiger partial charge on any atom is -0.321 e. The van der Waals surface area contributed by atoms with Crippen molar-refractivity contribution >= 4 is 5.78 Å². The molecule has 1 aliphatic rings. The third-order valence-corrected chi connectivity index (χ3v) is 3.04. The summed E-state index contributed by atoms with van der Waals surface area (Å²) >= 11 is 0. The molecule has 1 unspecified atom stereocenters. The summed E-state index contributed by atoms with van der Waals surface area (Å²) in [6.07, 6.45) is 4.76. The topological polar surface area (TPSA) is 43.1 Å². The highest BCUT2D eigenvalue weighted by molar-refractivity contribution is 5.81. The molecule has 1 saturated carbocycles. The van der Waals surface area contributed by atoms with Gasteiger partial charge in [-0.25, -0.2) is 0 Å². The van der Waals surface area contributed by atoms with Gasteiger partial charge in [0.15, 0.2) is 0 Å². The zero-order valence-corrected chi connectivity index (χ0v) is 8.05. The molecule has 0 saturated heterocycles. The molecule has 0 amide bonds. The van der Waals surface area contributed by atoms with E-state index < -0.39 is 0 Å². The van der Waals surface area contributed by atoms with Gasteiger partial charge in [0.25, 0.3) is 0 Å². The van der Waals surface area contributed by atoms with Crippen LogP contribution in [0.5, 0.6) is 0 Å². The molecule has 0 bridgehead atoms. The Kier molecular flexibility index (Phi) is 3.27. The van der Waals surface area contributed by atoms with Gasteiger partial charge in [0.05, 0.1) is 6.04 Å². The fourth-order valence-corrected chi connectivity index (χ4v) is 1.98. The molecule has 0 heterocycles. The van der Waals surface area contributed by atoms with Gasteiger partial charge < -0.3 is 5.73 Å². The molecule has 0 aromatic carbocycles. The number of carbonyl (C=O) groups is 1. The normalized spacial score (nSPS) is 32.9. The van der Waals surface area contributed by atoms with E-state index in [9.17, 15) is 4.79 Å². The molecule has 1 rings (SSSR count). The minimum absolute atomic E-state index is 0.148. The second kappa shape index (κ2) is 4.04. The van der Waals surface area contributed by atoms with Crippen LogP contribution in [0.25, 0.3) is 0 Å². The lowest BCUT2D eigenvalue weighted by atomic mass is 9.78. The largest absolute Gasteiger partial charge is 0.321 e. The lowest BCUT2D eigenvalue weighted by molar-refractivity contribution is -0.119. The molecule has 0 radical (unpaired) electrons. The Hall–Kier alpha value is -0.370. The van der Waals surface area contributed by atoms with Gasteiger partial charge in [-0.05, 0) is 31.6 Å². The molecular formula is C10H19NO. The van der Waals surface area contributed by atoms with Crippen molar-refractivity contribution in [2.75, 3.05) is 0 Å². The Morgan fingerprint density at radius 1 is 1.33 bits per heavy atom. The van der Waals surface area contributed by atoms with Crippen LogP contribution in [-0.2, 0) is 4.79 Å². The number of Topliss-reactive ketones (excluding diaryl/α,β-unsaturated/α-hetero) is 1. The van der Waals surface area contributed by atoms with Crippen LogP contribution in [0.15, 0.2) is 0 Å². The average Bonchev–Trinajstić information content (AvgIpc) is 2.04. The van der Waals surface area contributed by atoms with Gasteiger partial charge in [0.2, 0.25) is 0 Å². The maximum absolute atomic E-state index is 11.0. The van der Waals surface area contributed by atoms with Crippen molar-refractivity contribution in [1.29, 1.82) is 0 Å². The van der Waals surface area contributed by atoms with Gasteiger partial charge in [-0.1, -0.05) is 19.8 Å². The van der Waals surface area contributed by atoms with E-state index in [2.05, 4.69) is 6.92 Å². The predicted molar refractivity (Wildman–Crippen MR) is 49.8 cm³/mol. The lowest BCUT2D eigenvalue weighted by Gasteiger charge is -2.29. The molecule has 2 N–H and O–H groups in total. The maximum Gasteiger partial charge on any atom is 0.146 e. The summed E-state index contributed by atoms with van der Waals surface area (Å²) in [6, 6.07) is -0.197. The van der Waals surface area contributed by atoms with Gasteiger partial charge in [0.1, 0.15) is 5.78 Å². The van der Waals surface area contributed by atoms with Gasteiger partial charge in [0, 0.05) is 0 Å². The minimum atomic E-state index is -0.197. The number of hydrogen-bond acceptors (Lipinski definition) is 2. The van der Waals surface area contributed by atoms with Gasteiger partial charge >= 0.3 is 0 Å². The van der Waals surface area contributed by atoms with Crippen LogP contribution in [0, 0.1) is 11.8 Å². The molecule has 2 heteroatoms. The van der Waals surface area contributed by atoms with E-state index in [-0.39, 0.29) is 11.8 Å². The molecule has 0 spiro atoms. The number of carbonyl (C=O) groups excluding carboxylic acids is 1. The second-order valence-corrected chi connectivity index (χ2v) is 4.16.